The van der Waals surface area contributed by atoms with E-state index in [4.69, 9.17) is 9.47 Å². The van der Waals surface area contributed by atoms with Crippen LogP contribution in [0.3, 0.4) is 0 Å². The third kappa shape index (κ3) is 6.40. The second-order valence-corrected chi connectivity index (χ2v) is 11.1. The summed E-state index contributed by atoms with van der Waals surface area (Å²) in [4.78, 5) is 20.0. The number of nitrogens with zero attached hydrogens (tertiary/aromatic N) is 5. The van der Waals surface area contributed by atoms with Crippen LogP contribution in [0.2, 0.25) is 0 Å². The number of thiazole rings is 1. The van der Waals surface area contributed by atoms with Crippen molar-refractivity contribution in [1.82, 2.24) is 19.1 Å². The summed E-state index contributed by atoms with van der Waals surface area (Å²) in [7, 11) is -0.753. The molecule has 2 heterocycles. The van der Waals surface area contributed by atoms with Gasteiger partial charge in [-0.3, -0.25) is 14.4 Å². The summed E-state index contributed by atoms with van der Waals surface area (Å²) < 4.78 is 40.6. The Labute approximate surface area is 220 Å². The molecule has 0 N–H and O–H groups in total. The van der Waals surface area contributed by atoms with Crippen molar-refractivity contribution in [3.05, 3.63) is 72.6 Å². The molecule has 196 valence electrons. The van der Waals surface area contributed by atoms with E-state index in [9.17, 15) is 13.2 Å². The van der Waals surface area contributed by atoms with E-state index >= 15 is 0 Å². The van der Waals surface area contributed by atoms with Crippen LogP contribution >= 0.6 is 11.3 Å². The summed E-state index contributed by atoms with van der Waals surface area (Å²) in [5.74, 6) is -0.272. The van der Waals surface area contributed by atoms with Gasteiger partial charge in [-0.15, -0.1) is 0 Å². The van der Waals surface area contributed by atoms with Crippen molar-refractivity contribution < 1.29 is 22.7 Å². The number of benzene rings is 2. The zero-order valence-corrected chi connectivity index (χ0v) is 22.3. The lowest BCUT2D eigenvalue weighted by atomic mass is 10.2. The summed E-state index contributed by atoms with van der Waals surface area (Å²) in [5, 5.41) is 4.80. The summed E-state index contributed by atoms with van der Waals surface area (Å²) in [6.07, 6.45) is 3.52. The maximum Gasteiger partial charge on any atom is 0.260 e. The molecule has 0 spiro atoms. The van der Waals surface area contributed by atoms with E-state index < -0.39 is 10.0 Å². The van der Waals surface area contributed by atoms with Crippen LogP contribution in [-0.2, 0) is 26.0 Å². The molecular weight excluding hydrogens is 514 g/mol. The number of para-hydroxylation sites is 1. The number of aromatic nitrogens is 3. The lowest BCUT2D eigenvalue weighted by Gasteiger charge is -2.22. The number of hydrogen-bond acceptors (Lipinski definition) is 8. The van der Waals surface area contributed by atoms with Crippen LogP contribution in [0.15, 0.2) is 71.9 Å². The molecule has 12 heteroatoms. The first-order chi connectivity index (χ1) is 17.9. The summed E-state index contributed by atoms with van der Waals surface area (Å²) in [6.45, 7) is 1.74. The molecule has 37 heavy (non-hydrogen) atoms. The molecule has 0 atom stereocenters. The van der Waals surface area contributed by atoms with Crippen LogP contribution in [0.5, 0.6) is 0 Å². The van der Waals surface area contributed by atoms with Gasteiger partial charge in [0.25, 0.3) is 5.91 Å². The Morgan fingerprint density at radius 1 is 0.973 bits per heavy atom. The topological polar surface area (TPSA) is 107 Å². The van der Waals surface area contributed by atoms with Crippen molar-refractivity contribution >= 4 is 42.6 Å². The Hall–Kier alpha value is -3.16. The van der Waals surface area contributed by atoms with E-state index in [0.717, 1.165) is 10.2 Å². The van der Waals surface area contributed by atoms with E-state index in [0.29, 0.717) is 23.8 Å². The van der Waals surface area contributed by atoms with E-state index in [-0.39, 0.29) is 37.1 Å². The van der Waals surface area contributed by atoms with Crippen molar-refractivity contribution in [3.8, 4) is 0 Å². The van der Waals surface area contributed by atoms with Gasteiger partial charge in [0.15, 0.2) is 5.13 Å². The van der Waals surface area contributed by atoms with Gasteiger partial charge in [-0.25, -0.2) is 13.4 Å². The molecule has 0 fully saturated rings. The molecule has 2 aromatic heterocycles. The van der Waals surface area contributed by atoms with E-state index in [1.54, 1.807) is 15.8 Å². The van der Waals surface area contributed by atoms with E-state index in [1.165, 1.54) is 54.1 Å². The lowest BCUT2D eigenvalue weighted by Crippen LogP contribution is -2.36. The normalized spacial score (nSPS) is 11.9. The second-order valence-electron chi connectivity index (χ2n) is 8.10. The van der Waals surface area contributed by atoms with Gasteiger partial charge < -0.3 is 9.47 Å². The van der Waals surface area contributed by atoms with Crippen molar-refractivity contribution in [2.45, 2.75) is 11.4 Å². The Morgan fingerprint density at radius 2 is 1.68 bits per heavy atom. The zero-order valence-electron chi connectivity index (χ0n) is 20.7. The van der Waals surface area contributed by atoms with Crippen LogP contribution in [-0.4, -0.2) is 80.5 Å². The number of amides is 1. The van der Waals surface area contributed by atoms with Gasteiger partial charge in [0, 0.05) is 51.8 Å². The Morgan fingerprint density at radius 3 is 2.30 bits per heavy atom. The number of ether oxygens (including phenoxy) is 2. The van der Waals surface area contributed by atoms with Crippen molar-refractivity contribution in [2.75, 3.05) is 52.0 Å². The van der Waals surface area contributed by atoms with E-state index in [1.807, 2.05) is 36.5 Å². The molecule has 1 amide bonds. The van der Waals surface area contributed by atoms with Gasteiger partial charge in [0.2, 0.25) is 10.0 Å². The number of anilines is 1. The third-order valence-electron chi connectivity index (χ3n) is 5.70. The highest BCUT2D eigenvalue weighted by atomic mass is 32.2. The van der Waals surface area contributed by atoms with Crippen molar-refractivity contribution in [1.29, 1.82) is 0 Å². The molecule has 10 nitrogen and oxygen atoms in total. The number of rotatable bonds is 13. The Balaban J connectivity index is 1.59. The van der Waals surface area contributed by atoms with Crippen LogP contribution in [0.25, 0.3) is 10.2 Å². The predicted molar refractivity (Wildman–Crippen MR) is 142 cm³/mol. The summed E-state index contributed by atoms with van der Waals surface area (Å²) in [5.41, 5.74) is 1.17. The van der Waals surface area contributed by atoms with Crippen LogP contribution < -0.4 is 4.90 Å². The molecule has 0 bridgehead atoms. The van der Waals surface area contributed by atoms with Gasteiger partial charge in [-0.1, -0.05) is 23.5 Å². The average molecular weight is 544 g/mol. The minimum atomic E-state index is -3.79. The molecule has 0 aliphatic rings. The summed E-state index contributed by atoms with van der Waals surface area (Å²) >= 11 is 1.43. The number of hydrogen-bond donors (Lipinski definition) is 0. The fourth-order valence-electron chi connectivity index (χ4n) is 3.71. The standard InChI is InChI=1S/C25H29N5O5S2/c1-34-18-16-29(17-19-35-2)37(32,33)21-10-8-20(9-11-21)24(31)30(15-14-28-13-5-12-26-28)25-27-22-6-3-4-7-23(22)36-25/h3-13H,14-19H2,1-2H3. The van der Waals surface area contributed by atoms with Gasteiger partial charge in [-0.2, -0.15) is 9.40 Å². The number of sulfonamides is 1. The van der Waals surface area contributed by atoms with Crippen molar-refractivity contribution in [3.63, 3.8) is 0 Å². The number of carbonyl (C=O) groups excluding carboxylic acids is 1. The average Bonchev–Trinajstić information content (AvgIpc) is 3.59. The van der Waals surface area contributed by atoms with Gasteiger partial charge in [0.05, 0.1) is 34.9 Å². The highest BCUT2D eigenvalue weighted by Gasteiger charge is 2.26. The molecule has 0 saturated carbocycles. The molecular formula is C25H29N5O5S2. The van der Waals surface area contributed by atoms with Crippen LogP contribution in [0.1, 0.15) is 10.4 Å². The number of methoxy groups -OCH3 is 2. The van der Waals surface area contributed by atoms with E-state index in [2.05, 4.69) is 10.1 Å². The first kappa shape index (κ1) is 26.9. The van der Waals surface area contributed by atoms with Crippen LogP contribution in [0.4, 0.5) is 5.13 Å². The largest absolute Gasteiger partial charge is 0.383 e. The monoisotopic (exact) mass is 543 g/mol. The lowest BCUT2D eigenvalue weighted by molar-refractivity contribution is 0.0985. The van der Waals surface area contributed by atoms with Gasteiger partial charge in [0.1, 0.15) is 0 Å². The first-order valence-electron chi connectivity index (χ1n) is 11.7. The Kier molecular flexibility index (Phi) is 9.00. The molecule has 0 unspecified atom stereocenters. The molecule has 4 aromatic rings. The highest BCUT2D eigenvalue weighted by Crippen LogP contribution is 2.30. The van der Waals surface area contributed by atoms with Gasteiger partial charge in [-0.05, 0) is 42.5 Å². The molecule has 0 saturated heterocycles. The SMILES string of the molecule is COCCN(CCOC)S(=O)(=O)c1ccc(C(=O)N(CCn2cccn2)c2nc3ccccc3s2)cc1. The molecule has 0 aliphatic carbocycles. The highest BCUT2D eigenvalue weighted by molar-refractivity contribution is 7.89. The summed E-state index contributed by atoms with van der Waals surface area (Å²) in [6, 6.07) is 15.5. The number of carbonyl (C=O) groups is 1. The Bertz CT molecular complexity index is 1360. The third-order valence-corrected chi connectivity index (χ3v) is 8.67. The second kappa shape index (κ2) is 12.4. The maximum absolute atomic E-state index is 13.6. The van der Waals surface area contributed by atoms with Gasteiger partial charge >= 0.3 is 0 Å². The quantitative estimate of drug-likeness (QED) is 0.255. The molecule has 0 aliphatic heterocycles. The molecule has 0 radical (unpaired) electrons. The molecule has 2 aromatic carbocycles. The maximum atomic E-state index is 13.6. The van der Waals surface area contributed by atoms with Crippen molar-refractivity contribution in [2.24, 2.45) is 0 Å². The minimum absolute atomic E-state index is 0.0966. The fourth-order valence-corrected chi connectivity index (χ4v) is 6.11. The molecule has 4 rings (SSSR count). The van der Waals surface area contributed by atoms with Crippen LogP contribution in [0, 0.1) is 0 Å². The predicted octanol–water partition coefficient (Wildman–Crippen LogP) is 3.12. The first-order valence-corrected chi connectivity index (χ1v) is 13.9. The smallest absolute Gasteiger partial charge is 0.260 e. The fraction of sp³-hybridized carbons (Fsp3) is 0.320. The minimum Gasteiger partial charge on any atom is -0.383 e. The number of fused-ring (bicyclic) bond motifs is 1. The zero-order chi connectivity index (χ0) is 26.3.